The Kier molecular flexibility index (Phi) is 41.8. The average Bonchev–Trinajstić information content (AvgIpc) is 3.16. The minimum absolute atomic E-state index is 0.0647. The molecular weight excluding hydrogens is 697 g/mol. The van der Waals surface area contributed by atoms with Crippen molar-refractivity contribution < 1.29 is 28.6 Å². The van der Waals surface area contributed by atoms with Crippen LogP contribution in [0.4, 0.5) is 0 Å². The van der Waals surface area contributed by atoms with Gasteiger partial charge in [-0.05, 0) is 31.1 Å². The molecule has 0 N–H and O–H groups in total. The van der Waals surface area contributed by atoms with E-state index in [0.717, 1.165) is 69.6 Å². The van der Waals surface area contributed by atoms with Crippen molar-refractivity contribution in [2.75, 3.05) is 13.2 Å². The highest BCUT2D eigenvalue weighted by Gasteiger charge is 2.19. The average molecular weight is 793 g/mol. The number of rotatable bonds is 44. The van der Waals surface area contributed by atoms with Gasteiger partial charge in [0.15, 0.2) is 6.10 Å². The van der Waals surface area contributed by atoms with Gasteiger partial charge in [-0.25, -0.2) is 0 Å². The first-order valence-electron chi connectivity index (χ1n) is 24.7. The Balaban J connectivity index is 4.28. The number of unbranched alkanes of at least 4 members (excludes halogenated alkanes) is 29. The van der Waals surface area contributed by atoms with E-state index < -0.39 is 6.10 Å². The molecule has 0 aromatic carbocycles. The van der Waals surface area contributed by atoms with E-state index in [0.29, 0.717) is 19.3 Å². The van der Waals surface area contributed by atoms with Crippen LogP contribution in [-0.4, -0.2) is 37.2 Å². The number of hydrogen-bond acceptors (Lipinski definition) is 6. The fraction of sp³-hybridized carbons (Fsp3) is 0.940. The summed E-state index contributed by atoms with van der Waals surface area (Å²) in [6.07, 6.45) is 42.4. The summed E-state index contributed by atoms with van der Waals surface area (Å²) >= 11 is 0. The van der Waals surface area contributed by atoms with E-state index in [9.17, 15) is 14.4 Å². The number of esters is 3. The maximum Gasteiger partial charge on any atom is 0.306 e. The van der Waals surface area contributed by atoms with Gasteiger partial charge in [-0.3, -0.25) is 14.4 Å². The van der Waals surface area contributed by atoms with Gasteiger partial charge in [0.1, 0.15) is 13.2 Å². The molecule has 0 amide bonds. The van der Waals surface area contributed by atoms with Crippen molar-refractivity contribution in [3.05, 3.63) is 0 Å². The lowest BCUT2D eigenvalue weighted by molar-refractivity contribution is -0.167. The van der Waals surface area contributed by atoms with Crippen LogP contribution in [0.25, 0.3) is 0 Å². The standard InChI is InChI=1S/C50H96O6/c1-6-7-8-9-10-11-12-17-20-25-30-35-40-48(51)54-43-47(56-50(53)42-37-32-27-22-24-29-34-39-46(4)5)44-55-49(52)41-36-31-26-21-18-15-13-14-16-19-23-28-33-38-45(2)3/h45-47H,6-44H2,1-5H3/t47-/m1/s1. The lowest BCUT2D eigenvalue weighted by Gasteiger charge is -2.18. The molecule has 0 aromatic heterocycles. The smallest absolute Gasteiger partial charge is 0.306 e. The third-order valence-electron chi connectivity index (χ3n) is 11.2. The summed E-state index contributed by atoms with van der Waals surface area (Å²) in [5.41, 5.74) is 0. The van der Waals surface area contributed by atoms with Crippen molar-refractivity contribution in [3.63, 3.8) is 0 Å². The van der Waals surface area contributed by atoms with Crippen LogP contribution in [0, 0.1) is 11.8 Å². The predicted molar refractivity (Wildman–Crippen MR) is 238 cm³/mol. The monoisotopic (exact) mass is 793 g/mol. The molecule has 0 aliphatic rings. The van der Waals surface area contributed by atoms with Crippen LogP contribution < -0.4 is 0 Å². The summed E-state index contributed by atoms with van der Waals surface area (Å²) in [6.45, 7) is 11.3. The fourth-order valence-corrected chi connectivity index (χ4v) is 7.46. The summed E-state index contributed by atoms with van der Waals surface area (Å²) < 4.78 is 16.8. The second kappa shape index (κ2) is 43.0. The fourth-order valence-electron chi connectivity index (χ4n) is 7.46. The van der Waals surface area contributed by atoms with Crippen LogP contribution in [0.5, 0.6) is 0 Å². The molecule has 0 aliphatic carbocycles. The minimum Gasteiger partial charge on any atom is -0.462 e. The Labute approximate surface area is 348 Å². The normalized spacial score (nSPS) is 12.1. The van der Waals surface area contributed by atoms with Crippen LogP contribution in [0.3, 0.4) is 0 Å². The van der Waals surface area contributed by atoms with Crippen molar-refractivity contribution >= 4 is 17.9 Å². The summed E-state index contributed by atoms with van der Waals surface area (Å²) in [5.74, 6) is 0.763. The molecule has 0 radical (unpaired) electrons. The second-order valence-electron chi connectivity index (χ2n) is 18.1. The number of ether oxygens (including phenoxy) is 3. The first-order chi connectivity index (χ1) is 27.2. The topological polar surface area (TPSA) is 78.9 Å². The van der Waals surface area contributed by atoms with Gasteiger partial charge in [-0.1, -0.05) is 234 Å². The van der Waals surface area contributed by atoms with E-state index in [1.165, 1.54) is 161 Å². The van der Waals surface area contributed by atoms with Crippen LogP contribution in [0.15, 0.2) is 0 Å². The summed E-state index contributed by atoms with van der Waals surface area (Å²) in [4.78, 5) is 37.8. The third kappa shape index (κ3) is 43.5. The Bertz CT molecular complexity index is 854. The first kappa shape index (κ1) is 54.4. The van der Waals surface area contributed by atoms with Crippen molar-refractivity contribution in [2.24, 2.45) is 11.8 Å². The van der Waals surface area contributed by atoms with Gasteiger partial charge in [0, 0.05) is 19.3 Å². The molecule has 0 unspecified atom stereocenters. The molecular formula is C50H96O6. The zero-order valence-corrected chi connectivity index (χ0v) is 38.3. The third-order valence-corrected chi connectivity index (χ3v) is 11.2. The van der Waals surface area contributed by atoms with E-state index in [1.807, 2.05) is 0 Å². The SMILES string of the molecule is CCCCCCCCCCCCCCC(=O)OC[C@H](COC(=O)CCCCCCCCCCCCCCCC(C)C)OC(=O)CCCCCCCCCC(C)C. The summed E-state index contributed by atoms with van der Waals surface area (Å²) in [5, 5.41) is 0. The van der Waals surface area contributed by atoms with Gasteiger partial charge in [0.05, 0.1) is 0 Å². The molecule has 6 heteroatoms. The van der Waals surface area contributed by atoms with E-state index in [1.54, 1.807) is 0 Å². The van der Waals surface area contributed by atoms with Crippen molar-refractivity contribution in [1.82, 2.24) is 0 Å². The Morgan fingerprint density at radius 3 is 0.875 bits per heavy atom. The van der Waals surface area contributed by atoms with Gasteiger partial charge < -0.3 is 14.2 Å². The summed E-state index contributed by atoms with van der Waals surface area (Å²) in [7, 11) is 0. The molecule has 332 valence electrons. The molecule has 0 saturated heterocycles. The zero-order chi connectivity index (χ0) is 41.2. The molecule has 1 atom stereocenters. The molecule has 56 heavy (non-hydrogen) atoms. The minimum atomic E-state index is -0.761. The largest absolute Gasteiger partial charge is 0.462 e. The molecule has 6 nitrogen and oxygen atoms in total. The first-order valence-corrected chi connectivity index (χ1v) is 24.7. The van der Waals surface area contributed by atoms with Crippen molar-refractivity contribution in [2.45, 2.75) is 278 Å². The highest BCUT2D eigenvalue weighted by Crippen LogP contribution is 2.17. The molecule has 0 aromatic rings. The highest BCUT2D eigenvalue weighted by molar-refractivity contribution is 5.71. The van der Waals surface area contributed by atoms with E-state index >= 15 is 0 Å². The number of carbonyl (C=O) groups excluding carboxylic acids is 3. The second-order valence-corrected chi connectivity index (χ2v) is 18.1. The van der Waals surface area contributed by atoms with E-state index in [4.69, 9.17) is 14.2 Å². The molecule has 0 saturated carbocycles. The van der Waals surface area contributed by atoms with Crippen LogP contribution in [0.2, 0.25) is 0 Å². The van der Waals surface area contributed by atoms with Crippen LogP contribution in [-0.2, 0) is 28.6 Å². The lowest BCUT2D eigenvalue weighted by atomic mass is 10.0. The van der Waals surface area contributed by atoms with Crippen molar-refractivity contribution in [1.29, 1.82) is 0 Å². The molecule has 0 fully saturated rings. The summed E-state index contributed by atoms with van der Waals surface area (Å²) in [6, 6.07) is 0. The quantitative estimate of drug-likeness (QED) is 0.0347. The predicted octanol–water partition coefficient (Wildman–Crippen LogP) is 15.8. The molecule has 0 rings (SSSR count). The van der Waals surface area contributed by atoms with Crippen molar-refractivity contribution in [3.8, 4) is 0 Å². The maximum atomic E-state index is 12.7. The van der Waals surface area contributed by atoms with E-state index in [-0.39, 0.29) is 31.1 Å². The van der Waals surface area contributed by atoms with Gasteiger partial charge in [0.25, 0.3) is 0 Å². The molecule has 0 heterocycles. The molecule has 0 spiro atoms. The highest BCUT2D eigenvalue weighted by atomic mass is 16.6. The van der Waals surface area contributed by atoms with Gasteiger partial charge in [-0.15, -0.1) is 0 Å². The Morgan fingerprint density at radius 2 is 0.589 bits per heavy atom. The Morgan fingerprint density at radius 1 is 0.339 bits per heavy atom. The molecule has 0 aliphatic heterocycles. The molecule has 0 bridgehead atoms. The zero-order valence-electron chi connectivity index (χ0n) is 38.3. The van der Waals surface area contributed by atoms with Gasteiger partial charge in [-0.2, -0.15) is 0 Å². The van der Waals surface area contributed by atoms with Gasteiger partial charge in [0.2, 0.25) is 0 Å². The number of carbonyl (C=O) groups is 3. The van der Waals surface area contributed by atoms with Crippen LogP contribution >= 0.6 is 0 Å². The lowest BCUT2D eigenvalue weighted by Crippen LogP contribution is -2.30. The Hall–Kier alpha value is -1.59. The van der Waals surface area contributed by atoms with Gasteiger partial charge >= 0.3 is 17.9 Å². The maximum absolute atomic E-state index is 12.7. The van der Waals surface area contributed by atoms with Crippen LogP contribution in [0.1, 0.15) is 272 Å². The number of hydrogen-bond donors (Lipinski definition) is 0. The van der Waals surface area contributed by atoms with E-state index in [2.05, 4.69) is 34.6 Å².